The normalized spacial score (nSPS) is 21.3. The predicted octanol–water partition coefficient (Wildman–Crippen LogP) is 3.54. The Morgan fingerprint density at radius 2 is 1.90 bits per heavy atom. The first-order valence-electron chi connectivity index (χ1n) is 9.50. The van der Waals surface area contributed by atoms with Crippen LogP contribution in [0.3, 0.4) is 0 Å². The summed E-state index contributed by atoms with van der Waals surface area (Å²) < 4.78 is 17.6. The van der Waals surface area contributed by atoms with Gasteiger partial charge in [0.25, 0.3) is 0 Å². The average Bonchev–Trinajstić information content (AvgIpc) is 3.39. The van der Waals surface area contributed by atoms with Gasteiger partial charge in [-0.3, -0.25) is 4.79 Å². The number of ether oxygens (including phenoxy) is 3. The smallest absolute Gasteiger partial charge is 0.245 e. The van der Waals surface area contributed by atoms with Gasteiger partial charge in [0, 0.05) is 40.9 Å². The maximum atomic E-state index is 13.7. The van der Waals surface area contributed by atoms with Crippen molar-refractivity contribution in [2.45, 2.75) is 12.3 Å². The molecule has 3 aliphatic rings. The molecule has 0 bridgehead atoms. The number of aromatic nitrogens is 1. The highest BCUT2D eigenvalue weighted by Gasteiger charge is 2.57. The summed E-state index contributed by atoms with van der Waals surface area (Å²) >= 11 is 1.60. The second-order valence-corrected chi connectivity index (χ2v) is 8.56. The predicted molar refractivity (Wildman–Crippen MR) is 109 cm³/mol. The number of benzene rings is 2. The molecule has 146 valence electrons. The molecule has 0 fully saturated rings. The molecule has 1 spiro atoms. The molecule has 1 amide bonds. The molecule has 3 aliphatic heterocycles. The summed E-state index contributed by atoms with van der Waals surface area (Å²) in [5.74, 6) is 2.00. The van der Waals surface area contributed by atoms with E-state index in [1.54, 1.807) is 16.2 Å². The third-order valence-corrected chi connectivity index (χ3v) is 6.72. The third-order valence-electron chi connectivity index (χ3n) is 5.94. The maximum Gasteiger partial charge on any atom is 0.245 e. The van der Waals surface area contributed by atoms with Gasteiger partial charge in [-0.15, -0.1) is 11.3 Å². The van der Waals surface area contributed by atoms with Crippen molar-refractivity contribution in [3.63, 3.8) is 0 Å². The van der Waals surface area contributed by atoms with Crippen molar-refractivity contribution >= 4 is 22.9 Å². The number of nitrogens with zero attached hydrogens (tertiary/aromatic N) is 2. The van der Waals surface area contributed by atoms with Crippen molar-refractivity contribution in [2.24, 2.45) is 0 Å². The molecule has 0 saturated heterocycles. The van der Waals surface area contributed by atoms with E-state index in [4.69, 9.17) is 19.2 Å². The van der Waals surface area contributed by atoms with Crippen LogP contribution in [0.4, 0.5) is 5.69 Å². The molecule has 4 heterocycles. The number of carbonyl (C=O) groups excluding carboxylic acids is 1. The molecule has 1 unspecified atom stereocenters. The lowest BCUT2D eigenvalue weighted by Gasteiger charge is -2.25. The number of hydrogen-bond donors (Lipinski definition) is 0. The van der Waals surface area contributed by atoms with E-state index < -0.39 is 5.41 Å². The van der Waals surface area contributed by atoms with Gasteiger partial charge in [0.05, 0.1) is 10.7 Å². The molecular weight excluding hydrogens is 388 g/mol. The van der Waals surface area contributed by atoms with E-state index in [0.717, 1.165) is 33.1 Å². The minimum Gasteiger partial charge on any atom is -0.491 e. The number of likely N-dealkylation sites (N-methyl/N-ethyl adjacent to an activating group) is 1. The molecule has 3 aromatic rings. The van der Waals surface area contributed by atoms with Crippen molar-refractivity contribution < 1.29 is 19.0 Å². The van der Waals surface area contributed by atoms with E-state index >= 15 is 0 Å². The quantitative estimate of drug-likeness (QED) is 0.619. The van der Waals surface area contributed by atoms with Crippen LogP contribution in [-0.2, 0) is 10.2 Å². The molecule has 1 aromatic heterocycles. The van der Waals surface area contributed by atoms with Crippen LogP contribution in [0.25, 0.3) is 11.3 Å². The minimum absolute atomic E-state index is 0.00216. The Balaban J connectivity index is 1.64. The molecule has 7 heteroatoms. The number of carbonyl (C=O) groups is 1. The number of anilines is 1. The summed E-state index contributed by atoms with van der Waals surface area (Å²) in [5.41, 5.74) is 3.62. The van der Waals surface area contributed by atoms with E-state index in [2.05, 4.69) is 0 Å². The number of thiazole rings is 1. The SMILES string of the molecule is Cc1nc(-c2cccc3c2C2(COc4cc5c(cc42)OCCO5)C(=O)N3C)cs1. The highest BCUT2D eigenvalue weighted by Crippen LogP contribution is 2.56. The van der Waals surface area contributed by atoms with Gasteiger partial charge in [0.1, 0.15) is 31.0 Å². The Hall–Kier alpha value is -3.06. The fourth-order valence-corrected chi connectivity index (χ4v) is 5.25. The van der Waals surface area contributed by atoms with Gasteiger partial charge in [0.15, 0.2) is 11.5 Å². The zero-order valence-electron chi connectivity index (χ0n) is 16.0. The van der Waals surface area contributed by atoms with Crippen LogP contribution in [0.15, 0.2) is 35.7 Å². The fourth-order valence-electron chi connectivity index (χ4n) is 4.64. The van der Waals surface area contributed by atoms with Crippen LogP contribution in [0, 0.1) is 6.92 Å². The van der Waals surface area contributed by atoms with Gasteiger partial charge >= 0.3 is 0 Å². The first-order valence-corrected chi connectivity index (χ1v) is 10.4. The summed E-state index contributed by atoms with van der Waals surface area (Å²) in [5, 5.41) is 3.04. The lowest BCUT2D eigenvalue weighted by atomic mass is 9.74. The van der Waals surface area contributed by atoms with Crippen molar-refractivity contribution in [3.05, 3.63) is 51.8 Å². The summed E-state index contributed by atoms with van der Waals surface area (Å²) in [6, 6.07) is 9.77. The molecule has 0 aliphatic carbocycles. The van der Waals surface area contributed by atoms with Crippen LogP contribution in [-0.4, -0.2) is 37.8 Å². The second-order valence-electron chi connectivity index (χ2n) is 7.50. The van der Waals surface area contributed by atoms with E-state index in [-0.39, 0.29) is 12.5 Å². The van der Waals surface area contributed by atoms with Crippen molar-refractivity contribution in [3.8, 4) is 28.5 Å². The Kier molecular flexibility index (Phi) is 3.33. The van der Waals surface area contributed by atoms with Gasteiger partial charge < -0.3 is 19.1 Å². The second kappa shape index (κ2) is 5.73. The Morgan fingerprint density at radius 3 is 2.66 bits per heavy atom. The fraction of sp³-hybridized carbons (Fsp3) is 0.273. The number of hydrogen-bond acceptors (Lipinski definition) is 6. The number of aryl methyl sites for hydroxylation is 1. The van der Waals surface area contributed by atoms with Crippen LogP contribution < -0.4 is 19.1 Å². The summed E-state index contributed by atoms with van der Waals surface area (Å²) in [6.45, 7) is 3.24. The summed E-state index contributed by atoms with van der Waals surface area (Å²) in [6.07, 6.45) is 0. The lowest BCUT2D eigenvalue weighted by molar-refractivity contribution is -0.121. The minimum atomic E-state index is -0.913. The zero-order chi connectivity index (χ0) is 19.8. The largest absolute Gasteiger partial charge is 0.491 e. The van der Waals surface area contributed by atoms with Crippen LogP contribution >= 0.6 is 11.3 Å². The van der Waals surface area contributed by atoms with Gasteiger partial charge in [-0.1, -0.05) is 12.1 Å². The first kappa shape index (κ1) is 16.9. The molecule has 0 radical (unpaired) electrons. The third kappa shape index (κ3) is 2.11. The van der Waals surface area contributed by atoms with Crippen LogP contribution in [0.2, 0.25) is 0 Å². The van der Waals surface area contributed by atoms with Crippen LogP contribution in [0.5, 0.6) is 17.2 Å². The number of fused-ring (bicyclic) bond motifs is 5. The Bertz CT molecular complexity index is 1190. The van der Waals surface area contributed by atoms with Crippen molar-refractivity contribution in [1.82, 2.24) is 4.98 Å². The standard InChI is InChI=1S/C22H18N2O4S/c1-12-23-15(10-29-12)13-4-3-5-16-20(13)22(21(25)24(16)2)11-28-17-9-19-18(8-14(17)22)26-6-7-27-19/h3-5,8-10H,6-7,11H2,1-2H3. The van der Waals surface area contributed by atoms with Crippen LogP contribution in [0.1, 0.15) is 16.1 Å². The molecule has 29 heavy (non-hydrogen) atoms. The molecule has 2 aromatic carbocycles. The lowest BCUT2D eigenvalue weighted by Crippen LogP contribution is -2.41. The Morgan fingerprint density at radius 1 is 1.10 bits per heavy atom. The highest BCUT2D eigenvalue weighted by molar-refractivity contribution is 7.09. The molecule has 0 saturated carbocycles. The van der Waals surface area contributed by atoms with Gasteiger partial charge in [-0.05, 0) is 19.1 Å². The molecule has 1 atom stereocenters. The highest BCUT2D eigenvalue weighted by atomic mass is 32.1. The summed E-state index contributed by atoms with van der Waals surface area (Å²) in [7, 11) is 1.82. The average molecular weight is 406 g/mol. The number of rotatable bonds is 1. The topological polar surface area (TPSA) is 60.9 Å². The van der Waals surface area contributed by atoms with E-state index in [1.165, 1.54) is 0 Å². The van der Waals surface area contributed by atoms with Gasteiger partial charge in [-0.2, -0.15) is 0 Å². The number of amides is 1. The van der Waals surface area contributed by atoms with Crippen molar-refractivity contribution in [2.75, 3.05) is 31.8 Å². The van der Waals surface area contributed by atoms with Gasteiger partial charge in [0.2, 0.25) is 5.91 Å². The van der Waals surface area contributed by atoms with Crippen molar-refractivity contribution in [1.29, 1.82) is 0 Å². The molecule has 6 rings (SSSR count). The Labute approximate surface area is 171 Å². The molecular formula is C22H18N2O4S. The molecule has 6 nitrogen and oxygen atoms in total. The maximum absolute atomic E-state index is 13.7. The van der Waals surface area contributed by atoms with E-state index in [0.29, 0.717) is 30.5 Å². The first-order chi connectivity index (χ1) is 14.1. The van der Waals surface area contributed by atoms with E-state index in [9.17, 15) is 4.79 Å². The summed E-state index contributed by atoms with van der Waals surface area (Å²) in [4.78, 5) is 20.1. The molecule has 0 N–H and O–H groups in total. The van der Waals surface area contributed by atoms with Gasteiger partial charge in [-0.25, -0.2) is 4.98 Å². The zero-order valence-corrected chi connectivity index (χ0v) is 16.8. The van der Waals surface area contributed by atoms with E-state index in [1.807, 2.05) is 49.7 Å². The monoisotopic (exact) mass is 406 g/mol.